The van der Waals surface area contributed by atoms with E-state index in [9.17, 15) is 4.79 Å². The number of hydrogen-bond acceptors (Lipinski definition) is 3. The summed E-state index contributed by atoms with van der Waals surface area (Å²) in [6.07, 6.45) is 4.74. The number of benzene rings is 1. The molecule has 0 fully saturated rings. The van der Waals surface area contributed by atoms with Crippen molar-refractivity contribution in [2.75, 3.05) is 25.0 Å². The van der Waals surface area contributed by atoms with E-state index in [0.29, 0.717) is 12.3 Å². The molecule has 2 heterocycles. The molecule has 1 unspecified atom stereocenters. The van der Waals surface area contributed by atoms with Crippen LogP contribution in [0.15, 0.2) is 12.1 Å². The van der Waals surface area contributed by atoms with Crippen molar-refractivity contribution < 1.29 is 9.53 Å². The minimum Gasteiger partial charge on any atom is -0.493 e. The highest BCUT2D eigenvalue weighted by molar-refractivity contribution is 5.75. The van der Waals surface area contributed by atoms with Gasteiger partial charge in [0.25, 0.3) is 0 Å². The number of nitrogens with one attached hydrogen (secondary N) is 2. The Balaban J connectivity index is 1.67. The van der Waals surface area contributed by atoms with Gasteiger partial charge in [0.1, 0.15) is 5.75 Å². The summed E-state index contributed by atoms with van der Waals surface area (Å²) in [7, 11) is 0. The minimum absolute atomic E-state index is 0.169. The van der Waals surface area contributed by atoms with E-state index in [4.69, 9.17) is 4.74 Å². The maximum atomic E-state index is 11.5. The van der Waals surface area contributed by atoms with Crippen molar-refractivity contribution >= 4 is 11.6 Å². The topological polar surface area (TPSA) is 50.4 Å². The van der Waals surface area contributed by atoms with Gasteiger partial charge >= 0.3 is 0 Å². The van der Waals surface area contributed by atoms with Crippen LogP contribution < -0.4 is 15.4 Å². The van der Waals surface area contributed by atoms with Crippen LogP contribution in [0.4, 0.5) is 5.69 Å². The number of fused-ring (bicyclic) bond motifs is 3. The zero-order valence-corrected chi connectivity index (χ0v) is 12.7. The van der Waals surface area contributed by atoms with Crippen LogP contribution in [0, 0.1) is 0 Å². The highest BCUT2D eigenvalue weighted by Crippen LogP contribution is 2.42. The molecule has 0 radical (unpaired) electrons. The van der Waals surface area contributed by atoms with Gasteiger partial charge in [-0.15, -0.1) is 0 Å². The summed E-state index contributed by atoms with van der Waals surface area (Å²) in [6, 6.07) is 4.22. The predicted molar refractivity (Wildman–Crippen MR) is 84.0 cm³/mol. The second kappa shape index (κ2) is 6.37. The Morgan fingerprint density at radius 2 is 2.38 bits per heavy atom. The summed E-state index contributed by atoms with van der Waals surface area (Å²) in [5, 5.41) is 6.52. The van der Waals surface area contributed by atoms with Crippen molar-refractivity contribution in [3.8, 4) is 5.75 Å². The van der Waals surface area contributed by atoms with Crippen LogP contribution in [0.1, 0.15) is 49.7 Å². The van der Waals surface area contributed by atoms with E-state index in [-0.39, 0.29) is 5.91 Å². The maximum absolute atomic E-state index is 11.5. The molecular weight excluding hydrogens is 264 g/mol. The van der Waals surface area contributed by atoms with E-state index in [0.717, 1.165) is 51.1 Å². The fraction of sp³-hybridized carbons (Fsp3) is 0.588. The fourth-order valence-electron chi connectivity index (χ4n) is 3.37. The minimum atomic E-state index is 0.169. The van der Waals surface area contributed by atoms with Gasteiger partial charge in [0.15, 0.2) is 0 Å². The molecule has 0 aromatic heterocycles. The van der Waals surface area contributed by atoms with Gasteiger partial charge in [-0.2, -0.15) is 0 Å². The molecule has 3 rings (SSSR count). The molecule has 2 aliphatic heterocycles. The van der Waals surface area contributed by atoms with Crippen LogP contribution in [0.25, 0.3) is 0 Å². The molecule has 1 atom stereocenters. The Morgan fingerprint density at radius 3 is 3.24 bits per heavy atom. The average molecular weight is 288 g/mol. The lowest BCUT2D eigenvalue weighted by Gasteiger charge is -2.22. The van der Waals surface area contributed by atoms with Crippen LogP contribution in [-0.2, 0) is 11.2 Å². The summed E-state index contributed by atoms with van der Waals surface area (Å²) >= 11 is 0. The highest BCUT2D eigenvalue weighted by Gasteiger charge is 2.28. The molecule has 21 heavy (non-hydrogen) atoms. The van der Waals surface area contributed by atoms with E-state index in [1.54, 1.807) is 0 Å². The van der Waals surface area contributed by atoms with Gasteiger partial charge in [-0.3, -0.25) is 4.79 Å². The molecule has 1 amide bonds. The number of hydrogen-bond donors (Lipinski definition) is 2. The van der Waals surface area contributed by atoms with E-state index in [2.05, 4.69) is 22.8 Å². The van der Waals surface area contributed by atoms with Gasteiger partial charge in [-0.25, -0.2) is 0 Å². The Morgan fingerprint density at radius 1 is 1.48 bits per heavy atom. The summed E-state index contributed by atoms with van der Waals surface area (Å²) in [4.78, 5) is 11.5. The number of rotatable bonds is 5. The van der Waals surface area contributed by atoms with Gasteiger partial charge in [0, 0.05) is 31.1 Å². The molecule has 0 saturated carbocycles. The van der Waals surface area contributed by atoms with Crippen LogP contribution in [-0.4, -0.2) is 25.6 Å². The Labute approximate surface area is 126 Å². The number of amides is 1. The average Bonchev–Trinajstić information content (AvgIpc) is 2.91. The second-order valence-corrected chi connectivity index (χ2v) is 5.92. The highest BCUT2D eigenvalue weighted by atomic mass is 16.5. The molecule has 0 bridgehead atoms. The molecule has 4 nitrogen and oxygen atoms in total. The molecule has 114 valence electrons. The summed E-state index contributed by atoms with van der Waals surface area (Å²) < 4.78 is 5.77. The van der Waals surface area contributed by atoms with Crippen molar-refractivity contribution in [1.82, 2.24) is 5.32 Å². The van der Waals surface area contributed by atoms with E-state index in [1.807, 2.05) is 6.92 Å². The number of carbonyl (C=O) groups is 1. The monoisotopic (exact) mass is 288 g/mol. The van der Waals surface area contributed by atoms with Crippen molar-refractivity contribution in [2.24, 2.45) is 0 Å². The van der Waals surface area contributed by atoms with Gasteiger partial charge in [-0.1, -0.05) is 6.92 Å². The fourth-order valence-corrected chi connectivity index (χ4v) is 3.37. The van der Waals surface area contributed by atoms with Gasteiger partial charge in [0.05, 0.1) is 6.61 Å². The van der Waals surface area contributed by atoms with Crippen molar-refractivity contribution in [3.05, 3.63) is 23.3 Å². The lowest BCUT2D eigenvalue weighted by atomic mass is 9.89. The lowest BCUT2D eigenvalue weighted by molar-refractivity contribution is -0.121. The molecule has 1 aromatic carbocycles. The predicted octanol–water partition coefficient (Wildman–Crippen LogP) is 2.83. The molecule has 0 aliphatic carbocycles. The summed E-state index contributed by atoms with van der Waals surface area (Å²) in [6.45, 7) is 4.59. The van der Waals surface area contributed by atoms with Crippen LogP contribution in [0.3, 0.4) is 0 Å². The summed E-state index contributed by atoms with van der Waals surface area (Å²) in [5.41, 5.74) is 4.06. The first kappa shape index (κ1) is 14.2. The molecule has 0 saturated heterocycles. The van der Waals surface area contributed by atoms with Crippen LogP contribution in [0.5, 0.6) is 5.75 Å². The second-order valence-electron chi connectivity index (χ2n) is 5.92. The first-order valence-electron chi connectivity index (χ1n) is 8.08. The third-order valence-corrected chi connectivity index (χ3v) is 4.38. The van der Waals surface area contributed by atoms with Crippen molar-refractivity contribution in [2.45, 2.75) is 44.9 Å². The zero-order valence-electron chi connectivity index (χ0n) is 12.7. The first-order chi connectivity index (χ1) is 10.3. The normalized spacial score (nSPS) is 19.2. The van der Waals surface area contributed by atoms with Gasteiger partial charge in [-0.05, 0) is 48.9 Å². The van der Waals surface area contributed by atoms with E-state index in [1.165, 1.54) is 16.8 Å². The van der Waals surface area contributed by atoms with Crippen molar-refractivity contribution in [1.29, 1.82) is 0 Å². The molecule has 2 N–H and O–H groups in total. The van der Waals surface area contributed by atoms with Gasteiger partial charge < -0.3 is 15.4 Å². The Kier molecular flexibility index (Phi) is 4.32. The van der Waals surface area contributed by atoms with E-state index < -0.39 is 0 Å². The molecule has 0 spiro atoms. The van der Waals surface area contributed by atoms with E-state index >= 15 is 0 Å². The standard InChI is InChI=1S/C17H24N2O2/c1-2-4-16(20)18-9-8-12-11-19-14-6-7-15-13(17(12)14)5-3-10-21-15/h6-7,12,19H,2-5,8-11H2,1H3,(H,18,20). The SMILES string of the molecule is CCCC(=O)NCCC1CNc2ccc3c(c21)CCCO3. The number of ether oxygens (including phenoxy) is 1. The molecule has 4 heteroatoms. The van der Waals surface area contributed by atoms with Crippen LogP contribution >= 0.6 is 0 Å². The number of carbonyl (C=O) groups excluding carboxylic acids is 1. The first-order valence-corrected chi connectivity index (χ1v) is 8.08. The maximum Gasteiger partial charge on any atom is 0.219 e. The van der Waals surface area contributed by atoms with Crippen LogP contribution in [0.2, 0.25) is 0 Å². The van der Waals surface area contributed by atoms with Crippen molar-refractivity contribution in [3.63, 3.8) is 0 Å². The summed E-state index contributed by atoms with van der Waals surface area (Å²) in [5.74, 6) is 1.71. The quantitative estimate of drug-likeness (QED) is 0.876. The number of anilines is 1. The molecule has 1 aromatic rings. The third-order valence-electron chi connectivity index (χ3n) is 4.38. The molecule has 2 aliphatic rings. The van der Waals surface area contributed by atoms with Gasteiger partial charge in [0.2, 0.25) is 5.91 Å². The smallest absolute Gasteiger partial charge is 0.219 e. The Bertz CT molecular complexity index is 528. The third kappa shape index (κ3) is 2.99. The zero-order chi connectivity index (χ0) is 14.7. The lowest BCUT2D eigenvalue weighted by Crippen LogP contribution is -2.25. The Hall–Kier alpha value is -1.71. The molecular formula is C17H24N2O2. The largest absolute Gasteiger partial charge is 0.493 e.